The van der Waals surface area contributed by atoms with Crippen molar-refractivity contribution in [3.05, 3.63) is 105 Å². The molecule has 2 aromatic carbocycles. The number of nitrogens with zero attached hydrogens (tertiary/aromatic N) is 4. The highest BCUT2D eigenvalue weighted by molar-refractivity contribution is 5.80. The zero-order chi connectivity index (χ0) is 28.7. The van der Waals surface area contributed by atoms with Crippen molar-refractivity contribution >= 4 is 5.78 Å². The highest BCUT2D eigenvalue weighted by Crippen LogP contribution is 2.22. The standard InChI is InChI=1S/C34H42N4O2/c1-6-10-30(39)23-29-12-9-13-31(35-29)27-19-15-25(16-20-27)11-8-14-32-36-38(33(40)37(32)7-2)24-26-17-21-28(22-18-26)34(3,4)5/h9,12-13,15-22H,6-8,10-11,14,23-24H2,1-5H3. The second kappa shape index (κ2) is 13.0. The Labute approximate surface area is 238 Å². The molecule has 40 heavy (non-hydrogen) atoms. The molecule has 0 unspecified atom stereocenters. The number of Topliss-reactive ketones (excluding diaryl/α,β-unsaturated/α-hetero) is 1. The van der Waals surface area contributed by atoms with Gasteiger partial charge in [-0.05, 0) is 60.4 Å². The summed E-state index contributed by atoms with van der Waals surface area (Å²) in [5.74, 6) is 1.07. The van der Waals surface area contributed by atoms with Gasteiger partial charge in [-0.2, -0.15) is 5.10 Å². The second-order valence-electron chi connectivity index (χ2n) is 11.6. The molecular formula is C34H42N4O2. The molecule has 0 N–H and O–H groups in total. The number of carbonyl (C=O) groups is 1. The van der Waals surface area contributed by atoms with E-state index in [1.807, 2.05) is 32.0 Å². The van der Waals surface area contributed by atoms with Crippen LogP contribution in [0.1, 0.15) is 82.1 Å². The number of hydrogen-bond acceptors (Lipinski definition) is 4. The van der Waals surface area contributed by atoms with E-state index in [0.29, 0.717) is 25.9 Å². The third-order valence-corrected chi connectivity index (χ3v) is 7.30. The van der Waals surface area contributed by atoms with E-state index >= 15 is 0 Å². The number of rotatable bonds is 12. The maximum atomic E-state index is 13.0. The predicted molar refractivity (Wildman–Crippen MR) is 162 cm³/mol. The Kier molecular flexibility index (Phi) is 9.51. The molecule has 2 aromatic heterocycles. The van der Waals surface area contributed by atoms with Crippen LogP contribution in [0.3, 0.4) is 0 Å². The van der Waals surface area contributed by atoms with Crippen molar-refractivity contribution in [3.63, 3.8) is 0 Å². The summed E-state index contributed by atoms with van der Waals surface area (Å²) in [4.78, 5) is 29.7. The number of aromatic nitrogens is 4. The molecule has 6 heteroatoms. The number of ketones is 1. The third-order valence-electron chi connectivity index (χ3n) is 7.30. The smallest absolute Gasteiger partial charge is 0.299 e. The van der Waals surface area contributed by atoms with Crippen LogP contribution in [0, 0.1) is 0 Å². The largest absolute Gasteiger partial charge is 0.346 e. The molecule has 4 rings (SSSR count). The van der Waals surface area contributed by atoms with Gasteiger partial charge in [0, 0.05) is 37.1 Å². The van der Waals surface area contributed by atoms with Crippen molar-refractivity contribution in [2.24, 2.45) is 0 Å². The molecule has 0 saturated heterocycles. The van der Waals surface area contributed by atoms with Crippen LogP contribution >= 0.6 is 0 Å². The summed E-state index contributed by atoms with van der Waals surface area (Å²) < 4.78 is 3.38. The van der Waals surface area contributed by atoms with Crippen LogP contribution in [0.5, 0.6) is 0 Å². The first-order valence-electron chi connectivity index (χ1n) is 14.5. The predicted octanol–water partition coefficient (Wildman–Crippen LogP) is 6.56. The monoisotopic (exact) mass is 538 g/mol. The lowest BCUT2D eigenvalue weighted by Gasteiger charge is -2.19. The van der Waals surface area contributed by atoms with Gasteiger partial charge in [0.1, 0.15) is 11.6 Å². The molecule has 2 heterocycles. The number of pyridine rings is 1. The number of carbonyl (C=O) groups excluding carboxylic acids is 1. The molecule has 4 aromatic rings. The summed E-state index contributed by atoms with van der Waals surface area (Å²) in [6.07, 6.45) is 4.41. The maximum Gasteiger partial charge on any atom is 0.346 e. The molecule has 0 spiro atoms. The highest BCUT2D eigenvalue weighted by atomic mass is 16.2. The van der Waals surface area contributed by atoms with Crippen molar-refractivity contribution in [1.29, 1.82) is 0 Å². The van der Waals surface area contributed by atoms with Gasteiger partial charge < -0.3 is 0 Å². The van der Waals surface area contributed by atoms with Crippen LogP contribution in [0.15, 0.2) is 71.5 Å². The molecule has 0 amide bonds. The number of benzene rings is 2. The van der Waals surface area contributed by atoms with Crippen LogP contribution in [0.25, 0.3) is 11.3 Å². The van der Waals surface area contributed by atoms with Crippen molar-refractivity contribution in [2.75, 3.05) is 0 Å². The summed E-state index contributed by atoms with van der Waals surface area (Å²) in [5, 5.41) is 4.71. The first kappa shape index (κ1) is 29.2. The zero-order valence-corrected chi connectivity index (χ0v) is 24.6. The first-order valence-corrected chi connectivity index (χ1v) is 14.5. The lowest BCUT2D eigenvalue weighted by Crippen LogP contribution is -2.25. The summed E-state index contributed by atoms with van der Waals surface area (Å²) in [6.45, 7) is 11.7. The second-order valence-corrected chi connectivity index (χ2v) is 11.6. The normalized spacial score (nSPS) is 11.6. The Morgan fingerprint density at radius 2 is 1.57 bits per heavy atom. The fourth-order valence-electron chi connectivity index (χ4n) is 4.98. The van der Waals surface area contributed by atoms with Crippen LogP contribution in [0.4, 0.5) is 0 Å². The van der Waals surface area contributed by atoms with E-state index in [2.05, 4.69) is 69.3 Å². The van der Waals surface area contributed by atoms with E-state index in [0.717, 1.165) is 54.0 Å². The van der Waals surface area contributed by atoms with Crippen LogP contribution in [0.2, 0.25) is 0 Å². The minimum absolute atomic E-state index is 0.0483. The van der Waals surface area contributed by atoms with Crippen molar-refractivity contribution in [3.8, 4) is 11.3 Å². The van der Waals surface area contributed by atoms with Crippen molar-refractivity contribution in [2.45, 2.75) is 91.6 Å². The molecule has 0 saturated carbocycles. The van der Waals surface area contributed by atoms with E-state index in [9.17, 15) is 9.59 Å². The molecule has 6 nitrogen and oxygen atoms in total. The van der Waals surface area contributed by atoms with Crippen LogP contribution in [-0.4, -0.2) is 25.1 Å². The first-order chi connectivity index (χ1) is 19.2. The van der Waals surface area contributed by atoms with Gasteiger partial charge in [0.2, 0.25) is 0 Å². The van der Waals surface area contributed by atoms with Gasteiger partial charge in [0.15, 0.2) is 0 Å². The van der Waals surface area contributed by atoms with Gasteiger partial charge in [0.05, 0.1) is 12.2 Å². The molecule has 0 atom stereocenters. The Morgan fingerprint density at radius 3 is 2.23 bits per heavy atom. The van der Waals surface area contributed by atoms with E-state index in [1.165, 1.54) is 11.1 Å². The van der Waals surface area contributed by atoms with Gasteiger partial charge in [-0.1, -0.05) is 82.3 Å². The summed E-state index contributed by atoms with van der Waals surface area (Å²) in [7, 11) is 0. The van der Waals surface area contributed by atoms with Gasteiger partial charge in [-0.25, -0.2) is 9.48 Å². The third kappa shape index (κ3) is 7.44. The molecule has 0 fully saturated rings. The minimum Gasteiger partial charge on any atom is -0.299 e. The Hall–Kier alpha value is -3.80. The highest BCUT2D eigenvalue weighted by Gasteiger charge is 2.15. The molecule has 0 aliphatic rings. The summed E-state index contributed by atoms with van der Waals surface area (Å²) >= 11 is 0. The molecule has 0 bridgehead atoms. The van der Waals surface area contributed by atoms with Gasteiger partial charge in [0.25, 0.3) is 0 Å². The van der Waals surface area contributed by atoms with E-state index in [-0.39, 0.29) is 16.9 Å². The van der Waals surface area contributed by atoms with Crippen molar-refractivity contribution < 1.29 is 4.79 Å². The van der Waals surface area contributed by atoms with Gasteiger partial charge in [-0.15, -0.1) is 0 Å². The lowest BCUT2D eigenvalue weighted by molar-refractivity contribution is -0.118. The molecular weight excluding hydrogens is 496 g/mol. The van der Waals surface area contributed by atoms with Crippen LogP contribution < -0.4 is 5.69 Å². The fraction of sp³-hybridized carbons (Fsp3) is 0.412. The lowest BCUT2D eigenvalue weighted by atomic mass is 9.87. The van der Waals surface area contributed by atoms with E-state index < -0.39 is 0 Å². The molecule has 0 aliphatic heterocycles. The molecule has 0 aliphatic carbocycles. The molecule has 210 valence electrons. The Balaban J connectivity index is 1.37. The fourth-order valence-corrected chi connectivity index (χ4v) is 4.98. The van der Waals surface area contributed by atoms with E-state index in [1.54, 1.807) is 9.25 Å². The quantitative estimate of drug-likeness (QED) is 0.205. The average molecular weight is 539 g/mol. The van der Waals surface area contributed by atoms with Gasteiger partial charge >= 0.3 is 5.69 Å². The number of hydrogen-bond donors (Lipinski definition) is 0. The van der Waals surface area contributed by atoms with Gasteiger partial charge in [-0.3, -0.25) is 14.3 Å². The summed E-state index contributed by atoms with van der Waals surface area (Å²) in [6, 6.07) is 22.8. The molecule has 0 radical (unpaired) electrons. The minimum atomic E-state index is -0.0483. The Morgan fingerprint density at radius 1 is 0.875 bits per heavy atom. The zero-order valence-electron chi connectivity index (χ0n) is 24.6. The maximum absolute atomic E-state index is 13.0. The van der Waals surface area contributed by atoms with Crippen LogP contribution in [-0.2, 0) is 42.6 Å². The number of aryl methyl sites for hydroxylation is 2. The topological polar surface area (TPSA) is 69.8 Å². The summed E-state index contributed by atoms with van der Waals surface area (Å²) in [5.41, 5.74) is 6.40. The van der Waals surface area contributed by atoms with E-state index in [4.69, 9.17) is 10.1 Å². The van der Waals surface area contributed by atoms with Crippen molar-refractivity contribution in [1.82, 2.24) is 19.3 Å². The Bertz CT molecular complexity index is 1470. The SMILES string of the molecule is CCCC(=O)Cc1cccc(-c2ccc(CCCc3nn(Cc4ccc(C(C)(C)C)cc4)c(=O)n3CC)cc2)n1. The average Bonchev–Trinajstić information content (AvgIpc) is 3.22.